The lowest BCUT2D eigenvalue weighted by Crippen LogP contribution is -2.45. The number of ketones is 2. The molecule has 2 amide bonds. The summed E-state index contributed by atoms with van der Waals surface area (Å²) < 4.78 is 17.5. The van der Waals surface area contributed by atoms with Crippen molar-refractivity contribution in [3.63, 3.8) is 0 Å². The Kier molecular flexibility index (Phi) is 15.8. The molecule has 0 aromatic carbocycles. The molecule has 0 saturated carbocycles. The van der Waals surface area contributed by atoms with Crippen molar-refractivity contribution in [1.29, 1.82) is 0 Å². The van der Waals surface area contributed by atoms with Gasteiger partial charge in [-0.05, 0) is 46.5 Å². The summed E-state index contributed by atoms with van der Waals surface area (Å²) in [5, 5.41) is 0. The standard InChI is InChI=1S/C25H43NO7Si/c1-4-31-34(32-5-2,33-6-3)21-13-12-16-22(27)14-10-8-7-9-11-15-23(28)19-20-26-24(29)17-18-25(26)30/h17-18H,4-16,19-21H2,1-3H3. The molecular formula is C25H43NO7Si. The second-order valence-electron chi connectivity index (χ2n) is 8.45. The van der Waals surface area contributed by atoms with Gasteiger partial charge in [0, 0.05) is 70.2 Å². The van der Waals surface area contributed by atoms with Gasteiger partial charge in [-0.15, -0.1) is 0 Å². The van der Waals surface area contributed by atoms with E-state index in [0.717, 1.165) is 55.9 Å². The molecule has 194 valence electrons. The number of carbonyl (C=O) groups excluding carboxylic acids is 4. The van der Waals surface area contributed by atoms with E-state index in [-0.39, 0.29) is 30.6 Å². The molecule has 0 saturated heterocycles. The number of amides is 2. The molecule has 8 nitrogen and oxygen atoms in total. The van der Waals surface area contributed by atoms with Gasteiger partial charge in [0.2, 0.25) is 0 Å². The quantitative estimate of drug-likeness (QED) is 0.124. The fourth-order valence-electron chi connectivity index (χ4n) is 3.98. The van der Waals surface area contributed by atoms with Crippen molar-refractivity contribution < 1.29 is 32.5 Å². The summed E-state index contributed by atoms with van der Waals surface area (Å²) in [6, 6.07) is 0.746. The number of Topliss-reactive ketones (excluding diaryl/α,β-unsaturated/α-hetero) is 2. The molecule has 0 aromatic heterocycles. The Bertz CT molecular complexity index is 645. The maximum Gasteiger partial charge on any atom is 0.500 e. The first kappa shape index (κ1) is 30.3. The van der Waals surface area contributed by atoms with Gasteiger partial charge in [-0.2, -0.15) is 0 Å². The lowest BCUT2D eigenvalue weighted by Gasteiger charge is -2.28. The average molecular weight is 498 g/mol. The van der Waals surface area contributed by atoms with Gasteiger partial charge in [-0.25, -0.2) is 0 Å². The second-order valence-corrected chi connectivity index (χ2v) is 11.2. The van der Waals surface area contributed by atoms with E-state index in [0.29, 0.717) is 44.9 Å². The Balaban J connectivity index is 2.04. The van der Waals surface area contributed by atoms with E-state index in [1.165, 1.54) is 12.2 Å². The molecule has 0 bridgehead atoms. The van der Waals surface area contributed by atoms with Crippen molar-refractivity contribution >= 4 is 32.2 Å². The van der Waals surface area contributed by atoms with E-state index in [2.05, 4.69) is 0 Å². The molecule has 9 heteroatoms. The molecule has 0 atom stereocenters. The van der Waals surface area contributed by atoms with Crippen molar-refractivity contribution in [3.8, 4) is 0 Å². The van der Waals surface area contributed by atoms with Gasteiger partial charge in [-0.1, -0.05) is 19.3 Å². The fraction of sp³-hybridized carbons (Fsp3) is 0.760. The number of unbranched alkanes of at least 4 members (excludes halogenated alkanes) is 5. The number of carbonyl (C=O) groups is 4. The van der Waals surface area contributed by atoms with Crippen LogP contribution in [0.5, 0.6) is 0 Å². The van der Waals surface area contributed by atoms with Gasteiger partial charge in [0.05, 0.1) is 0 Å². The predicted octanol–water partition coefficient (Wildman–Crippen LogP) is 4.39. The zero-order valence-corrected chi connectivity index (χ0v) is 22.3. The summed E-state index contributed by atoms with van der Waals surface area (Å²) in [4.78, 5) is 48.1. The molecule has 0 radical (unpaired) electrons. The lowest BCUT2D eigenvalue weighted by atomic mass is 10.0. The van der Waals surface area contributed by atoms with E-state index in [4.69, 9.17) is 13.3 Å². The number of nitrogens with zero attached hydrogens (tertiary/aromatic N) is 1. The van der Waals surface area contributed by atoms with Crippen molar-refractivity contribution in [2.75, 3.05) is 26.4 Å². The smallest absolute Gasteiger partial charge is 0.374 e. The molecule has 0 fully saturated rings. The van der Waals surface area contributed by atoms with Gasteiger partial charge < -0.3 is 13.3 Å². The number of hydrogen-bond acceptors (Lipinski definition) is 7. The summed E-state index contributed by atoms with van der Waals surface area (Å²) in [6.07, 6.45) is 10.7. The molecule has 0 unspecified atom stereocenters. The first-order chi connectivity index (χ1) is 16.4. The number of hydrogen-bond donors (Lipinski definition) is 0. The van der Waals surface area contributed by atoms with Crippen LogP contribution in [0.1, 0.15) is 91.4 Å². The topological polar surface area (TPSA) is 99.2 Å². The first-order valence-electron chi connectivity index (χ1n) is 12.9. The maximum atomic E-state index is 12.2. The van der Waals surface area contributed by atoms with Gasteiger partial charge in [0.1, 0.15) is 11.6 Å². The SMILES string of the molecule is CCO[Si](CCCCC(=O)CCCCCCCC(=O)CCN1C(=O)C=CC1=O)(OCC)OCC. The van der Waals surface area contributed by atoms with Gasteiger partial charge in [0.25, 0.3) is 11.8 Å². The van der Waals surface area contributed by atoms with Crippen LogP contribution < -0.4 is 0 Å². The highest BCUT2D eigenvalue weighted by molar-refractivity contribution is 6.60. The molecule has 0 aromatic rings. The highest BCUT2D eigenvalue weighted by atomic mass is 28.4. The molecule has 0 aliphatic carbocycles. The van der Waals surface area contributed by atoms with Crippen LogP contribution in [0.2, 0.25) is 6.04 Å². The molecule has 34 heavy (non-hydrogen) atoms. The second kappa shape index (κ2) is 17.7. The normalized spacial score (nSPS) is 13.8. The Labute approximate surface area is 205 Å². The lowest BCUT2D eigenvalue weighted by molar-refractivity contribution is -0.137. The Morgan fingerprint density at radius 1 is 0.676 bits per heavy atom. The third-order valence-electron chi connectivity index (χ3n) is 5.71. The maximum absolute atomic E-state index is 12.2. The molecular weight excluding hydrogens is 454 g/mol. The highest BCUT2D eigenvalue weighted by Gasteiger charge is 2.39. The van der Waals surface area contributed by atoms with Gasteiger partial charge in [-0.3, -0.25) is 24.1 Å². The number of imide groups is 1. The minimum atomic E-state index is -2.61. The summed E-state index contributed by atoms with van der Waals surface area (Å²) in [5.41, 5.74) is 0. The molecule has 1 aliphatic heterocycles. The fourth-order valence-corrected chi connectivity index (χ4v) is 6.66. The van der Waals surface area contributed by atoms with Crippen LogP contribution in [0.15, 0.2) is 12.2 Å². The Morgan fingerprint density at radius 3 is 1.56 bits per heavy atom. The van der Waals surface area contributed by atoms with Crippen LogP contribution in [0, 0.1) is 0 Å². The predicted molar refractivity (Wildman–Crippen MR) is 132 cm³/mol. The van der Waals surface area contributed by atoms with Crippen molar-refractivity contribution in [2.45, 2.75) is 97.4 Å². The summed E-state index contributed by atoms with van der Waals surface area (Å²) in [5.74, 6) is -0.312. The van der Waals surface area contributed by atoms with Crippen LogP contribution in [-0.2, 0) is 32.5 Å². The summed E-state index contributed by atoms with van der Waals surface area (Å²) in [7, 11) is -2.61. The number of rotatable bonds is 22. The molecule has 1 rings (SSSR count). The van der Waals surface area contributed by atoms with Crippen LogP contribution in [0.25, 0.3) is 0 Å². The minimum absolute atomic E-state index is 0.0766. The third-order valence-corrected chi connectivity index (χ3v) is 8.86. The van der Waals surface area contributed by atoms with Gasteiger partial charge >= 0.3 is 8.80 Å². The van der Waals surface area contributed by atoms with E-state index >= 15 is 0 Å². The van der Waals surface area contributed by atoms with E-state index < -0.39 is 8.80 Å². The van der Waals surface area contributed by atoms with E-state index in [1.54, 1.807) is 0 Å². The minimum Gasteiger partial charge on any atom is -0.374 e. The molecule has 0 N–H and O–H groups in total. The van der Waals surface area contributed by atoms with Gasteiger partial charge in [0.15, 0.2) is 0 Å². The third kappa shape index (κ3) is 12.1. The van der Waals surface area contributed by atoms with Crippen molar-refractivity contribution in [2.24, 2.45) is 0 Å². The van der Waals surface area contributed by atoms with E-state index in [9.17, 15) is 19.2 Å². The molecule has 1 heterocycles. The van der Waals surface area contributed by atoms with Crippen molar-refractivity contribution in [1.82, 2.24) is 4.90 Å². The first-order valence-corrected chi connectivity index (χ1v) is 14.8. The largest absolute Gasteiger partial charge is 0.500 e. The van der Waals surface area contributed by atoms with Crippen molar-refractivity contribution in [3.05, 3.63) is 12.2 Å². The summed E-state index contributed by atoms with van der Waals surface area (Å²) >= 11 is 0. The Hall–Kier alpha value is -1.68. The van der Waals surface area contributed by atoms with Crippen LogP contribution in [0.4, 0.5) is 0 Å². The van der Waals surface area contributed by atoms with Crippen LogP contribution in [-0.4, -0.2) is 63.5 Å². The Morgan fingerprint density at radius 2 is 1.09 bits per heavy atom. The van der Waals surface area contributed by atoms with E-state index in [1.807, 2.05) is 20.8 Å². The van der Waals surface area contributed by atoms with Crippen LogP contribution in [0.3, 0.4) is 0 Å². The average Bonchev–Trinajstić information content (AvgIpc) is 3.12. The summed E-state index contributed by atoms with van der Waals surface area (Å²) in [6.45, 7) is 7.70. The van der Waals surface area contributed by atoms with Crippen LogP contribution >= 0.6 is 0 Å². The highest BCUT2D eigenvalue weighted by Crippen LogP contribution is 2.20. The molecule has 1 aliphatic rings. The molecule has 0 spiro atoms. The zero-order chi connectivity index (χ0) is 25.2. The monoisotopic (exact) mass is 497 g/mol. The zero-order valence-electron chi connectivity index (χ0n) is 21.3.